The molecule has 0 spiro atoms. The number of anilines is 1. The lowest BCUT2D eigenvalue weighted by molar-refractivity contribution is -0.384. The van der Waals surface area contributed by atoms with Crippen LogP contribution in [0.2, 0.25) is 0 Å². The van der Waals surface area contributed by atoms with Crippen LogP contribution in [0.15, 0.2) is 83.8 Å². The Morgan fingerprint density at radius 1 is 1.03 bits per heavy atom. The number of nitro benzene ring substituents is 1. The zero-order chi connectivity index (χ0) is 23.3. The van der Waals surface area contributed by atoms with Crippen molar-refractivity contribution in [3.8, 4) is 0 Å². The van der Waals surface area contributed by atoms with Crippen LogP contribution in [-0.2, 0) is 14.8 Å². The number of aryl methyl sites for hydroxylation is 1. The molecule has 0 saturated carbocycles. The SMILES string of the molecule is Cc1ccc([C@@H](C)NC(=O)CN(c2cccc([N+](=O)[O-])c2)S(=O)(=O)c2ccccc2)cc1. The number of hydrogen-bond donors (Lipinski definition) is 1. The van der Waals surface area contributed by atoms with Crippen LogP contribution in [0.25, 0.3) is 0 Å². The smallest absolute Gasteiger partial charge is 0.271 e. The van der Waals surface area contributed by atoms with Crippen LogP contribution in [0.1, 0.15) is 24.1 Å². The van der Waals surface area contributed by atoms with Crippen molar-refractivity contribution < 1.29 is 18.1 Å². The first kappa shape index (κ1) is 23.0. The molecule has 0 saturated heterocycles. The van der Waals surface area contributed by atoms with Crippen molar-refractivity contribution in [2.24, 2.45) is 0 Å². The summed E-state index contributed by atoms with van der Waals surface area (Å²) in [6, 6.07) is 20.1. The molecular formula is C23H23N3O5S. The van der Waals surface area contributed by atoms with Gasteiger partial charge in [0.25, 0.3) is 15.7 Å². The van der Waals surface area contributed by atoms with Gasteiger partial charge in [-0.1, -0.05) is 54.1 Å². The molecule has 0 aliphatic rings. The lowest BCUT2D eigenvalue weighted by Crippen LogP contribution is -2.41. The summed E-state index contributed by atoms with van der Waals surface area (Å²) in [7, 11) is -4.15. The number of rotatable bonds is 8. The highest BCUT2D eigenvalue weighted by Gasteiger charge is 2.28. The van der Waals surface area contributed by atoms with E-state index in [0.717, 1.165) is 21.5 Å². The van der Waals surface area contributed by atoms with Crippen molar-refractivity contribution >= 4 is 27.3 Å². The average molecular weight is 454 g/mol. The Hall–Kier alpha value is -3.72. The van der Waals surface area contributed by atoms with E-state index in [-0.39, 0.29) is 22.3 Å². The third kappa shape index (κ3) is 5.30. The number of benzene rings is 3. The summed E-state index contributed by atoms with van der Waals surface area (Å²) in [5, 5.41) is 14.0. The van der Waals surface area contributed by atoms with E-state index in [1.807, 2.05) is 31.2 Å². The first-order valence-corrected chi connectivity index (χ1v) is 11.3. The third-order valence-corrected chi connectivity index (χ3v) is 6.69. The molecular weight excluding hydrogens is 430 g/mol. The van der Waals surface area contributed by atoms with E-state index in [2.05, 4.69) is 5.32 Å². The van der Waals surface area contributed by atoms with E-state index in [1.54, 1.807) is 25.1 Å². The molecule has 0 aliphatic carbocycles. The summed E-state index contributed by atoms with van der Waals surface area (Å²) in [5.41, 5.74) is 1.71. The van der Waals surface area contributed by atoms with E-state index >= 15 is 0 Å². The first-order valence-electron chi connectivity index (χ1n) is 9.86. The summed E-state index contributed by atoms with van der Waals surface area (Å²) in [6.07, 6.45) is 0. The van der Waals surface area contributed by atoms with Gasteiger partial charge in [-0.2, -0.15) is 0 Å². The van der Waals surface area contributed by atoms with Gasteiger partial charge in [-0.05, 0) is 37.6 Å². The molecule has 1 N–H and O–H groups in total. The molecule has 0 aliphatic heterocycles. The third-order valence-electron chi connectivity index (χ3n) is 4.90. The maximum atomic E-state index is 13.3. The fourth-order valence-corrected chi connectivity index (χ4v) is 4.59. The second-order valence-corrected chi connectivity index (χ2v) is 9.16. The van der Waals surface area contributed by atoms with Crippen LogP contribution in [-0.4, -0.2) is 25.8 Å². The Balaban J connectivity index is 1.92. The van der Waals surface area contributed by atoms with Crippen LogP contribution in [0.3, 0.4) is 0 Å². The van der Waals surface area contributed by atoms with E-state index in [4.69, 9.17) is 0 Å². The van der Waals surface area contributed by atoms with E-state index in [1.165, 1.54) is 30.3 Å². The van der Waals surface area contributed by atoms with Crippen LogP contribution < -0.4 is 9.62 Å². The average Bonchev–Trinajstić information content (AvgIpc) is 2.78. The normalized spacial score (nSPS) is 12.1. The van der Waals surface area contributed by atoms with Gasteiger partial charge < -0.3 is 5.32 Å². The van der Waals surface area contributed by atoms with Gasteiger partial charge in [-0.25, -0.2) is 8.42 Å². The molecule has 166 valence electrons. The van der Waals surface area contributed by atoms with Gasteiger partial charge in [-0.15, -0.1) is 0 Å². The Kier molecular flexibility index (Phi) is 6.89. The Bertz CT molecular complexity index is 1210. The van der Waals surface area contributed by atoms with E-state index in [9.17, 15) is 23.3 Å². The Morgan fingerprint density at radius 2 is 1.69 bits per heavy atom. The Labute approximate surface area is 186 Å². The molecule has 0 heterocycles. The molecule has 3 aromatic rings. The summed E-state index contributed by atoms with van der Waals surface area (Å²) < 4.78 is 27.5. The van der Waals surface area contributed by atoms with Crippen molar-refractivity contribution in [3.63, 3.8) is 0 Å². The van der Waals surface area contributed by atoms with Gasteiger partial charge in [0.05, 0.1) is 21.5 Å². The fraction of sp³-hybridized carbons (Fsp3) is 0.174. The van der Waals surface area contributed by atoms with Gasteiger partial charge in [0.1, 0.15) is 6.54 Å². The molecule has 0 aromatic heterocycles. The number of carbonyl (C=O) groups is 1. The number of non-ortho nitro benzene ring substituents is 1. The predicted octanol–water partition coefficient (Wildman–Crippen LogP) is 3.98. The summed E-state index contributed by atoms with van der Waals surface area (Å²) in [5.74, 6) is -0.538. The lowest BCUT2D eigenvalue weighted by Gasteiger charge is -2.25. The summed E-state index contributed by atoms with van der Waals surface area (Å²) in [4.78, 5) is 23.4. The molecule has 0 radical (unpaired) electrons. The molecule has 1 amide bonds. The standard InChI is InChI=1S/C23H23N3O5S/c1-17-11-13-19(14-12-17)18(2)24-23(27)16-25(20-7-6-8-21(15-20)26(28)29)32(30,31)22-9-4-3-5-10-22/h3-15,18H,16H2,1-2H3,(H,24,27)/t18-/m1/s1. The van der Waals surface area contributed by atoms with Crippen molar-refractivity contribution in [2.45, 2.75) is 24.8 Å². The largest absolute Gasteiger partial charge is 0.348 e. The van der Waals surface area contributed by atoms with Crippen LogP contribution in [0, 0.1) is 17.0 Å². The van der Waals surface area contributed by atoms with Crippen molar-refractivity contribution in [1.82, 2.24) is 5.32 Å². The molecule has 32 heavy (non-hydrogen) atoms. The molecule has 1 atom stereocenters. The van der Waals surface area contributed by atoms with Gasteiger partial charge >= 0.3 is 0 Å². The number of hydrogen-bond acceptors (Lipinski definition) is 5. The highest BCUT2D eigenvalue weighted by Crippen LogP contribution is 2.27. The number of nitro groups is 1. The van der Waals surface area contributed by atoms with Gasteiger partial charge in [-0.3, -0.25) is 19.2 Å². The number of sulfonamides is 1. The molecule has 3 aromatic carbocycles. The summed E-state index contributed by atoms with van der Waals surface area (Å²) in [6.45, 7) is 3.22. The molecule has 0 fully saturated rings. The Morgan fingerprint density at radius 3 is 2.31 bits per heavy atom. The zero-order valence-corrected chi connectivity index (χ0v) is 18.5. The fourth-order valence-electron chi connectivity index (χ4n) is 3.15. The minimum atomic E-state index is -4.15. The van der Waals surface area contributed by atoms with Gasteiger partial charge in [0, 0.05) is 12.1 Å². The molecule has 0 unspecified atom stereocenters. The quantitative estimate of drug-likeness (QED) is 0.410. The maximum absolute atomic E-state index is 13.3. The second-order valence-electron chi connectivity index (χ2n) is 7.30. The number of nitrogens with zero attached hydrogens (tertiary/aromatic N) is 2. The van der Waals surface area contributed by atoms with E-state index in [0.29, 0.717) is 0 Å². The van der Waals surface area contributed by atoms with Crippen molar-refractivity contribution in [2.75, 3.05) is 10.8 Å². The monoisotopic (exact) mass is 453 g/mol. The maximum Gasteiger partial charge on any atom is 0.271 e. The topological polar surface area (TPSA) is 110 Å². The molecule has 3 rings (SSSR count). The van der Waals surface area contributed by atoms with Crippen LogP contribution in [0.4, 0.5) is 11.4 Å². The molecule has 8 nitrogen and oxygen atoms in total. The van der Waals surface area contributed by atoms with Gasteiger partial charge in [0.2, 0.25) is 5.91 Å². The molecule has 0 bridgehead atoms. The first-order chi connectivity index (χ1) is 15.2. The number of carbonyl (C=O) groups excluding carboxylic acids is 1. The summed E-state index contributed by atoms with van der Waals surface area (Å²) >= 11 is 0. The highest BCUT2D eigenvalue weighted by atomic mass is 32.2. The lowest BCUT2D eigenvalue weighted by atomic mass is 10.1. The highest BCUT2D eigenvalue weighted by molar-refractivity contribution is 7.92. The number of nitrogens with one attached hydrogen (secondary N) is 1. The number of amides is 1. The van der Waals surface area contributed by atoms with Crippen molar-refractivity contribution in [3.05, 3.63) is 100 Å². The van der Waals surface area contributed by atoms with Crippen molar-refractivity contribution in [1.29, 1.82) is 0 Å². The predicted molar refractivity (Wildman–Crippen MR) is 122 cm³/mol. The second kappa shape index (κ2) is 9.61. The zero-order valence-electron chi connectivity index (χ0n) is 17.6. The van der Waals surface area contributed by atoms with Crippen LogP contribution in [0.5, 0.6) is 0 Å². The minimum absolute atomic E-state index is 0.0223. The minimum Gasteiger partial charge on any atom is -0.348 e. The van der Waals surface area contributed by atoms with E-state index < -0.39 is 27.4 Å². The van der Waals surface area contributed by atoms with Gasteiger partial charge in [0.15, 0.2) is 0 Å². The van der Waals surface area contributed by atoms with Crippen LogP contribution >= 0.6 is 0 Å². The molecule has 9 heteroatoms.